The molecular formula is C26H25NO7. The van der Waals surface area contributed by atoms with Gasteiger partial charge < -0.3 is 29.0 Å². The molecule has 1 atom stereocenters. The van der Waals surface area contributed by atoms with E-state index < -0.39 is 6.10 Å². The number of carbonyl (C=O) groups is 2. The summed E-state index contributed by atoms with van der Waals surface area (Å²) in [5, 5.41) is 2.88. The van der Waals surface area contributed by atoms with Crippen LogP contribution in [0.15, 0.2) is 54.6 Å². The minimum Gasteiger partial charge on any atom is -0.497 e. The lowest BCUT2D eigenvalue weighted by Crippen LogP contribution is -2.22. The molecule has 34 heavy (non-hydrogen) atoms. The number of hydrogen-bond donors (Lipinski definition) is 1. The van der Waals surface area contributed by atoms with Crippen LogP contribution in [0.1, 0.15) is 38.8 Å². The second kappa shape index (κ2) is 9.74. The highest BCUT2D eigenvalue weighted by atomic mass is 16.5. The third-order valence-electron chi connectivity index (χ3n) is 5.58. The summed E-state index contributed by atoms with van der Waals surface area (Å²) in [6, 6.07) is 15.7. The van der Waals surface area contributed by atoms with Gasteiger partial charge in [0, 0.05) is 17.3 Å². The molecule has 1 aliphatic rings. The van der Waals surface area contributed by atoms with E-state index in [9.17, 15) is 9.59 Å². The summed E-state index contributed by atoms with van der Waals surface area (Å²) in [4.78, 5) is 25.7. The van der Waals surface area contributed by atoms with Crippen LogP contribution >= 0.6 is 0 Å². The zero-order chi connectivity index (χ0) is 24.2. The Kier molecular flexibility index (Phi) is 6.58. The molecule has 1 aliphatic heterocycles. The van der Waals surface area contributed by atoms with Gasteiger partial charge in [0.2, 0.25) is 5.75 Å². The summed E-state index contributed by atoms with van der Waals surface area (Å²) in [5.74, 6) is 1.63. The third-order valence-corrected chi connectivity index (χ3v) is 5.58. The van der Waals surface area contributed by atoms with E-state index in [0.29, 0.717) is 39.8 Å². The minimum absolute atomic E-state index is 0.106. The predicted octanol–water partition coefficient (Wildman–Crippen LogP) is 4.68. The summed E-state index contributed by atoms with van der Waals surface area (Å²) in [7, 11) is 6.02. The Morgan fingerprint density at radius 1 is 0.912 bits per heavy atom. The van der Waals surface area contributed by atoms with E-state index in [1.807, 2.05) is 6.07 Å². The monoisotopic (exact) mass is 463 g/mol. The van der Waals surface area contributed by atoms with Crippen LogP contribution in [-0.4, -0.2) is 40.1 Å². The van der Waals surface area contributed by atoms with Gasteiger partial charge in [0.1, 0.15) is 23.2 Å². The molecule has 8 nitrogen and oxygen atoms in total. The Labute approximate surface area is 197 Å². The fourth-order valence-electron chi connectivity index (χ4n) is 3.90. The molecule has 0 fully saturated rings. The zero-order valence-corrected chi connectivity index (χ0v) is 19.3. The van der Waals surface area contributed by atoms with Crippen LogP contribution in [0.25, 0.3) is 0 Å². The van der Waals surface area contributed by atoms with Crippen LogP contribution in [0.5, 0.6) is 28.7 Å². The normalized spacial score (nSPS) is 14.5. The van der Waals surface area contributed by atoms with Gasteiger partial charge in [-0.05, 0) is 42.0 Å². The SMILES string of the molecule is COc1ccc(C(=O)Nc2cccc(C3CC(=O)c4c(cc(OC)c(OC)c4OC)O3)c2)cc1. The smallest absolute Gasteiger partial charge is 0.255 e. The van der Waals surface area contributed by atoms with Crippen molar-refractivity contribution < 1.29 is 33.3 Å². The van der Waals surface area contributed by atoms with Gasteiger partial charge >= 0.3 is 0 Å². The number of ketones is 1. The molecule has 8 heteroatoms. The Balaban J connectivity index is 1.59. The number of nitrogens with one attached hydrogen (secondary N) is 1. The topological polar surface area (TPSA) is 92.3 Å². The number of carbonyl (C=O) groups excluding carboxylic acids is 2. The molecule has 1 amide bonds. The number of fused-ring (bicyclic) bond motifs is 1. The van der Waals surface area contributed by atoms with E-state index in [1.165, 1.54) is 21.3 Å². The Bertz CT molecular complexity index is 1220. The van der Waals surface area contributed by atoms with Crippen molar-refractivity contribution in [3.63, 3.8) is 0 Å². The molecule has 0 aliphatic carbocycles. The molecular weight excluding hydrogens is 438 g/mol. The van der Waals surface area contributed by atoms with Crippen LogP contribution < -0.4 is 29.0 Å². The average molecular weight is 463 g/mol. The van der Waals surface area contributed by atoms with Crippen molar-refractivity contribution >= 4 is 17.4 Å². The van der Waals surface area contributed by atoms with Gasteiger partial charge in [0.25, 0.3) is 5.91 Å². The largest absolute Gasteiger partial charge is 0.497 e. The van der Waals surface area contributed by atoms with Crippen molar-refractivity contribution in [3.05, 3.63) is 71.3 Å². The molecule has 0 radical (unpaired) electrons. The van der Waals surface area contributed by atoms with E-state index in [2.05, 4.69) is 5.32 Å². The zero-order valence-electron chi connectivity index (χ0n) is 19.3. The van der Waals surface area contributed by atoms with Gasteiger partial charge in [0.15, 0.2) is 17.3 Å². The van der Waals surface area contributed by atoms with Crippen LogP contribution in [0.2, 0.25) is 0 Å². The van der Waals surface area contributed by atoms with E-state index in [4.69, 9.17) is 23.7 Å². The Morgan fingerprint density at radius 3 is 2.29 bits per heavy atom. The second-order valence-corrected chi connectivity index (χ2v) is 7.56. The summed E-state index contributed by atoms with van der Waals surface area (Å²) < 4.78 is 27.5. The molecule has 4 rings (SSSR count). The van der Waals surface area contributed by atoms with Crippen LogP contribution in [0, 0.1) is 0 Å². The number of rotatable bonds is 7. The first-order chi connectivity index (χ1) is 16.5. The van der Waals surface area contributed by atoms with E-state index in [1.54, 1.807) is 55.6 Å². The summed E-state index contributed by atoms with van der Waals surface area (Å²) in [6.07, 6.45) is -0.435. The molecule has 176 valence electrons. The minimum atomic E-state index is -0.541. The molecule has 3 aromatic carbocycles. The summed E-state index contributed by atoms with van der Waals surface area (Å²) in [5.41, 5.74) is 2.16. The van der Waals surface area contributed by atoms with Crippen molar-refractivity contribution in [2.45, 2.75) is 12.5 Å². The molecule has 0 aromatic heterocycles. The molecule has 0 spiro atoms. The van der Waals surface area contributed by atoms with Gasteiger partial charge in [-0.3, -0.25) is 9.59 Å². The van der Waals surface area contributed by atoms with Gasteiger partial charge in [-0.2, -0.15) is 0 Å². The molecule has 1 N–H and O–H groups in total. The molecule has 1 unspecified atom stereocenters. The lowest BCUT2D eigenvalue weighted by molar-refractivity contribution is 0.0842. The standard InChI is InChI=1S/C26H25NO7/c1-30-18-10-8-15(9-11-18)26(29)27-17-7-5-6-16(12-17)20-13-19(28)23-21(34-20)14-22(31-2)24(32-3)25(23)33-4/h5-12,14,20H,13H2,1-4H3,(H,27,29). The Morgan fingerprint density at radius 2 is 1.65 bits per heavy atom. The maximum absolute atomic E-state index is 13.1. The molecule has 0 saturated heterocycles. The van der Waals surface area contributed by atoms with E-state index in [-0.39, 0.29) is 23.9 Å². The lowest BCUT2D eigenvalue weighted by Gasteiger charge is -2.28. The van der Waals surface area contributed by atoms with Gasteiger partial charge in [-0.15, -0.1) is 0 Å². The molecule has 0 saturated carbocycles. The number of amides is 1. The third kappa shape index (κ3) is 4.34. The first kappa shape index (κ1) is 23.0. The van der Waals surface area contributed by atoms with Gasteiger partial charge in [-0.25, -0.2) is 0 Å². The fraction of sp³-hybridized carbons (Fsp3) is 0.231. The van der Waals surface area contributed by atoms with Crippen LogP contribution in [0.4, 0.5) is 5.69 Å². The fourth-order valence-corrected chi connectivity index (χ4v) is 3.90. The highest BCUT2D eigenvalue weighted by molar-refractivity contribution is 6.05. The number of benzene rings is 3. The maximum Gasteiger partial charge on any atom is 0.255 e. The average Bonchev–Trinajstić information content (AvgIpc) is 2.87. The first-order valence-corrected chi connectivity index (χ1v) is 10.6. The number of methoxy groups -OCH3 is 4. The highest BCUT2D eigenvalue weighted by Gasteiger charge is 2.34. The summed E-state index contributed by atoms with van der Waals surface area (Å²) >= 11 is 0. The Hall–Kier alpha value is -4.20. The van der Waals surface area contributed by atoms with Crippen molar-refractivity contribution in [3.8, 4) is 28.7 Å². The summed E-state index contributed by atoms with van der Waals surface area (Å²) in [6.45, 7) is 0. The van der Waals surface area contributed by atoms with Crippen LogP contribution in [-0.2, 0) is 0 Å². The number of anilines is 1. The van der Waals surface area contributed by atoms with Gasteiger partial charge in [-0.1, -0.05) is 12.1 Å². The van der Waals surface area contributed by atoms with Gasteiger partial charge in [0.05, 0.1) is 34.9 Å². The van der Waals surface area contributed by atoms with Crippen LogP contribution in [0.3, 0.4) is 0 Å². The second-order valence-electron chi connectivity index (χ2n) is 7.56. The molecule has 3 aromatic rings. The van der Waals surface area contributed by atoms with Crippen molar-refractivity contribution in [2.75, 3.05) is 33.8 Å². The molecule has 1 heterocycles. The quantitative estimate of drug-likeness (QED) is 0.544. The van der Waals surface area contributed by atoms with E-state index in [0.717, 1.165) is 5.56 Å². The predicted molar refractivity (Wildman–Crippen MR) is 126 cm³/mol. The van der Waals surface area contributed by atoms with E-state index >= 15 is 0 Å². The first-order valence-electron chi connectivity index (χ1n) is 10.6. The number of hydrogen-bond acceptors (Lipinski definition) is 7. The number of Topliss-reactive ketones (excluding diaryl/α,β-unsaturated/α-hetero) is 1. The maximum atomic E-state index is 13.1. The lowest BCUT2D eigenvalue weighted by atomic mass is 9.94. The van der Waals surface area contributed by atoms with Crippen molar-refractivity contribution in [1.82, 2.24) is 0 Å². The van der Waals surface area contributed by atoms with Crippen molar-refractivity contribution in [2.24, 2.45) is 0 Å². The number of ether oxygens (including phenoxy) is 5. The molecule has 0 bridgehead atoms. The van der Waals surface area contributed by atoms with Crippen molar-refractivity contribution in [1.29, 1.82) is 0 Å². The highest BCUT2D eigenvalue weighted by Crippen LogP contribution is 2.49.